The second kappa shape index (κ2) is 9.11. The fourth-order valence-electron chi connectivity index (χ4n) is 2.95. The summed E-state index contributed by atoms with van der Waals surface area (Å²) < 4.78 is 11.3. The first kappa shape index (κ1) is 20.8. The number of amides is 1. The first-order valence-corrected chi connectivity index (χ1v) is 11.4. The van der Waals surface area contributed by atoms with E-state index in [1.165, 1.54) is 28.7 Å². The molecular weight excluding hydrogens is 444 g/mol. The summed E-state index contributed by atoms with van der Waals surface area (Å²) in [7, 11) is 0. The van der Waals surface area contributed by atoms with Gasteiger partial charge >= 0.3 is 0 Å². The summed E-state index contributed by atoms with van der Waals surface area (Å²) in [5, 5.41) is 15.6. The topological polar surface area (TPSA) is 85.4 Å². The number of nitrogens with one attached hydrogen (secondary N) is 2. The third kappa shape index (κ3) is 4.63. The van der Waals surface area contributed by atoms with E-state index < -0.39 is 0 Å². The third-order valence-corrected chi connectivity index (χ3v) is 6.73. The molecule has 0 atom stereocenters. The van der Waals surface area contributed by atoms with E-state index in [0.717, 1.165) is 17.7 Å². The number of nitrogens with zero attached hydrogens (tertiary/aromatic N) is 2. The maximum atomic E-state index is 12.3. The van der Waals surface area contributed by atoms with Gasteiger partial charge in [-0.2, -0.15) is 0 Å². The van der Waals surface area contributed by atoms with Gasteiger partial charge in [-0.25, -0.2) is 0 Å². The zero-order valence-corrected chi connectivity index (χ0v) is 18.7. The monoisotopic (exact) mass is 462 g/mol. The number of benzene rings is 2. The van der Waals surface area contributed by atoms with Crippen molar-refractivity contribution in [2.45, 2.75) is 24.6 Å². The smallest absolute Gasteiger partial charge is 0.234 e. The molecule has 2 N–H and O–H groups in total. The van der Waals surface area contributed by atoms with E-state index in [-0.39, 0.29) is 18.5 Å². The summed E-state index contributed by atoms with van der Waals surface area (Å²) in [6.45, 7) is 4.32. The van der Waals surface area contributed by atoms with Gasteiger partial charge in [-0.15, -0.1) is 10.2 Å². The number of aromatic nitrogens is 2. The first-order valence-electron chi connectivity index (χ1n) is 9.24. The minimum atomic E-state index is -0.197. The van der Waals surface area contributed by atoms with E-state index in [0.29, 0.717) is 31.7 Å². The molecule has 2 heterocycles. The van der Waals surface area contributed by atoms with Crippen LogP contribution in [0.15, 0.2) is 34.7 Å². The summed E-state index contributed by atoms with van der Waals surface area (Å²) in [5.41, 5.74) is 3.92. The number of aryl methyl sites for hydroxylation is 2. The average Bonchev–Trinajstić information content (AvgIpc) is 3.37. The van der Waals surface area contributed by atoms with E-state index in [4.69, 9.17) is 21.1 Å². The molecule has 30 heavy (non-hydrogen) atoms. The van der Waals surface area contributed by atoms with E-state index in [9.17, 15) is 4.79 Å². The number of carbonyl (C=O) groups is 1. The molecule has 0 spiro atoms. The van der Waals surface area contributed by atoms with Crippen LogP contribution in [0, 0.1) is 6.92 Å². The second-order valence-electron chi connectivity index (χ2n) is 6.48. The highest BCUT2D eigenvalue weighted by Gasteiger charge is 2.18. The van der Waals surface area contributed by atoms with Gasteiger partial charge in [0.15, 0.2) is 15.8 Å². The van der Waals surface area contributed by atoms with Gasteiger partial charge < -0.3 is 20.1 Å². The van der Waals surface area contributed by atoms with Crippen LogP contribution in [0.1, 0.15) is 18.1 Å². The predicted octanol–water partition coefficient (Wildman–Crippen LogP) is 5.27. The first-order chi connectivity index (χ1) is 14.5. The molecule has 1 aliphatic rings. The lowest BCUT2D eigenvalue weighted by atomic mass is 10.1. The average molecular weight is 463 g/mol. The van der Waals surface area contributed by atoms with Crippen molar-refractivity contribution in [3.05, 3.63) is 46.5 Å². The number of hydrogen-bond donors (Lipinski definition) is 2. The van der Waals surface area contributed by atoms with Crippen LogP contribution in [0.4, 0.5) is 16.5 Å². The summed E-state index contributed by atoms with van der Waals surface area (Å²) in [6, 6.07) is 9.49. The summed E-state index contributed by atoms with van der Waals surface area (Å²) in [6.07, 6.45) is 0.924. The summed E-state index contributed by atoms with van der Waals surface area (Å²) in [4.78, 5) is 12.3. The van der Waals surface area contributed by atoms with Crippen molar-refractivity contribution in [3.8, 4) is 11.5 Å². The minimum absolute atomic E-state index is 0.147. The standard InChI is InChI=1S/C20H19ClN4O3S2/c1-3-12-6-4-5-11(2)18(12)23-19-24-25-20(30-19)29-9-17(26)22-14-8-16-15(7-13(14)21)27-10-28-16/h4-8H,3,9-10H2,1-2H3,(H,22,26)(H,23,24). The van der Waals surface area contributed by atoms with Crippen LogP contribution < -0.4 is 20.1 Å². The van der Waals surface area contributed by atoms with Crippen LogP contribution in [0.3, 0.4) is 0 Å². The molecule has 0 aliphatic carbocycles. The Balaban J connectivity index is 1.35. The molecule has 0 radical (unpaired) electrons. The van der Waals surface area contributed by atoms with Gasteiger partial charge in [0.1, 0.15) is 0 Å². The molecular formula is C20H19ClN4O3S2. The van der Waals surface area contributed by atoms with Gasteiger partial charge in [-0.05, 0) is 24.5 Å². The predicted molar refractivity (Wildman–Crippen MR) is 121 cm³/mol. The van der Waals surface area contributed by atoms with E-state index in [1.807, 2.05) is 6.07 Å². The fraction of sp³-hybridized carbons (Fsp3) is 0.250. The lowest BCUT2D eigenvalue weighted by Crippen LogP contribution is -2.14. The second-order valence-corrected chi connectivity index (χ2v) is 9.09. The van der Waals surface area contributed by atoms with Crippen LogP contribution in [0.25, 0.3) is 0 Å². The highest BCUT2D eigenvalue weighted by atomic mass is 35.5. The molecule has 0 bridgehead atoms. The van der Waals surface area contributed by atoms with Gasteiger partial charge in [-0.1, -0.05) is 59.8 Å². The van der Waals surface area contributed by atoms with E-state index >= 15 is 0 Å². The maximum Gasteiger partial charge on any atom is 0.234 e. The molecule has 1 amide bonds. The third-order valence-electron chi connectivity index (χ3n) is 4.44. The number of halogens is 1. The van der Waals surface area contributed by atoms with Gasteiger partial charge in [0, 0.05) is 17.8 Å². The molecule has 1 aromatic heterocycles. The fourth-order valence-corrected chi connectivity index (χ4v) is 4.71. The quantitative estimate of drug-likeness (QED) is 0.463. The molecule has 7 nitrogen and oxygen atoms in total. The van der Waals surface area contributed by atoms with Gasteiger partial charge in [0.05, 0.1) is 16.5 Å². The number of hydrogen-bond acceptors (Lipinski definition) is 8. The molecule has 0 fully saturated rings. The molecule has 1 aliphatic heterocycles. The number of rotatable bonds is 7. The molecule has 0 unspecified atom stereocenters. The Morgan fingerprint density at radius 1 is 1.27 bits per heavy atom. The largest absolute Gasteiger partial charge is 0.454 e. The molecule has 156 valence electrons. The minimum Gasteiger partial charge on any atom is -0.454 e. The number of ether oxygens (including phenoxy) is 2. The Labute approximate surface area is 187 Å². The molecule has 3 aromatic rings. The van der Waals surface area contributed by atoms with Gasteiger partial charge in [-0.3, -0.25) is 4.79 Å². The van der Waals surface area contributed by atoms with Crippen LogP contribution in [-0.4, -0.2) is 28.7 Å². The van der Waals surface area contributed by atoms with Crippen molar-refractivity contribution < 1.29 is 14.3 Å². The molecule has 4 rings (SSSR count). The Hall–Kier alpha value is -2.49. The Kier molecular flexibility index (Phi) is 6.31. The van der Waals surface area contributed by atoms with Crippen molar-refractivity contribution in [1.29, 1.82) is 0 Å². The van der Waals surface area contributed by atoms with E-state index in [2.05, 4.69) is 46.8 Å². The number of anilines is 3. The zero-order chi connectivity index (χ0) is 21.1. The van der Waals surface area contributed by atoms with Gasteiger partial charge in [0.2, 0.25) is 17.8 Å². The Morgan fingerprint density at radius 3 is 2.87 bits per heavy atom. The maximum absolute atomic E-state index is 12.3. The highest BCUT2D eigenvalue weighted by molar-refractivity contribution is 8.01. The van der Waals surface area contributed by atoms with Crippen LogP contribution in [0.5, 0.6) is 11.5 Å². The summed E-state index contributed by atoms with van der Waals surface area (Å²) >= 11 is 8.93. The summed E-state index contributed by atoms with van der Waals surface area (Å²) in [5.74, 6) is 1.12. The van der Waals surface area contributed by atoms with Crippen molar-refractivity contribution in [2.24, 2.45) is 0 Å². The Morgan fingerprint density at radius 2 is 2.07 bits per heavy atom. The lowest BCUT2D eigenvalue weighted by Gasteiger charge is -2.11. The lowest BCUT2D eigenvalue weighted by molar-refractivity contribution is -0.113. The zero-order valence-electron chi connectivity index (χ0n) is 16.3. The van der Waals surface area contributed by atoms with Crippen molar-refractivity contribution in [1.82, 2.24) is 10.2 Å². The molecule has 0 saturated carbocycles. The highest BCUT2D eigenvalue weighted by Crippen LogP contribution is 2.39. The molecule has 0 saturated heterocycles. The molecule has 2 aromatic carbocycles. The number of para-hydroxylation sites is 1. The van der Waals surface area contributed by atoms with Crippen LogP contribution in [-0.2, 0) is 11.2 Å². The van der Waals surface area contributed by atoms with Crippen molar-refractivity contribution in [3.63, 3.8) is 0 Å². The normalized spacial score (nSPS) is 12.1. The van der Waals surface area contributed by atoms with Crippen LogP contribution >= 0.6 is 34.7 Å². The number of carbonyl (C=O) groups excluding carboxylic acids is 1. The molecule has 10 heteroatoms. The Bertz CT molecular complexity index is 1090. The van der Waals surface area contributed by atoms with Crippen molar-refractivity contribution in [2.75, 3.05) is 23.2 Å². The van der Waals surface area contributed by atoms with Gasteiger partial charge in [0.25, 0.3) is 0 Å². The number of thioether (sulfide) groups is 1. The SMILES string of the molecule is CCc1cccc(C)c1Nc1nnc(SCC(=O)Nc2cc3c(cc2Cl)OCO3)s1. The van der Waals surface area contributed by atoms with Crippen LogP contribution in [0.2, 0.25) is 5.02 Å². The van der Waals surface area contributed by atoms with E-state index in [1.54, 1.807) is 12.1 Å². The van der Waals surface area contributed by atoms with Crippen molar-refractivity contribution >= 4 is 57.1 Å². The number of fused-ring (bicyclic) bond motifs is 1.